The zero-order valence-corrected chi connectivity index (χ0v) is 11.4. The normalized spacial score (nSPS) is 27.8. The number of likely N-dealkylation sites (tertiary alicyclic amines) is 1. The Hall–Kier alpha value is -1.12. The van der Waals surface area contributed by atoms with Crippen LogP contribution in [0.25, 0.3) is 0 Å². The first kappa shape index (κ1) is 15.3. The van der Waals surface area contributed by atoms with Crippen LogP contribution >= 0.6 is 11.8 Å². The number of thioether (sulfide) groups is 1. The van der Waals surface area contributed by atoms with E-state index in [1.54, 1.807) is 11.8 Å². The van der Waals surface area contributed by atoms with E-state index >= 15 is 0 Å². The number of aliphatic carboxylic acids is 1. The topological polar surface area (TPSA) is 60.9 Å². The number of carbonyl (C=O) groups is 2. The molecule has 0 aromatic heterocycles. The minimum absolute atomic E-state index is 0.373. The van der Waals surface area contributed by atoms with Crippen LogP contribution in [-0.4, -0.2) is 70.8 Å². The number of hydrogen-bond donors (Lipinski definition) is 1. The molecule has 2 amide bonds. The molecule has 1 N–H and O–H groups in total. The molecule has 2 heterocycles. The first-order chi connectivity index (χ1) is 9.30. The lowest BCUT2D eigenvalue weighted by Crippen LogP contribution is -2.46. The van der Waals surface area contributed by atoms with Crippen LogP contribution in [0.4, 0.5) is 18.0 Å². The van der Waals surface area contributed by atoms with Crippen LogP contribution in [0.1, 0.15) is 0 Å². The van der Waals surface area contributed by atoms with E-state index in [1.165, 1.54) is 4.90 Å². The summed E-state index contributed by atoms with van der Waals surface area (Å²) in [6, 6.07) is -0.483. The van der Waals surface area contributed by atoms with Crippen LogP contribution in [0.15, 0.2) is 0 Å². The summed E-state index contributed by atoms with van der Waals surface area (Å²) in [4.78, 5) is 25.6. The quantitative estimate of drug-likeness (QED) is 0.794. The van der Waals surface area contributed by atoms with Gasteiger partial charge in [-0.15, -0.1) is 0 Å². The Balaban J connectivity index is 2.07. The van der Waals surface area contributed by atoms with Crippen molar-refractivity contribution >= 4 is 23.8 Å². The summed E-state index contributed by atoms with van der Waals surface area (Å²) in [5.41, 5.74) is 0. The average Bonchev–Trinajstić information content (AvgIpc) is 2.84. The molecule has 0 spiro atoms. The molecule has 0 aromatic carbocycles. The van der Waals surface area contributed by atoms with Crippen molar-refractivity contribution in [2.45, 2.75) is 6.18 Å². The van der Waals surface area contributed by atoms with Crippen LogP contribution in [0, 0.1) is 11.8 Å². The lowest BCUT2D eigenvalue weighted by atomic mass is 9.96. The van der Waals surface area contributed by atoms with Crippen molar-refractivity contribution in [1.82, 2.24) is 9.80 Å². The van der Waals surface area contributed by atoms with E-state index in [4.69, 9.17) is 5.11 Å². The third-order valence-electron chi connectivity index (χ3n) is 3.61. The predicted molar refractivity (Wildman–Crippen MR) is 66.5 cm³/mol. The first-order valence-electron chi connectivity index (χ1n) is 6.22. The fraction of sp³-hybridized carbons (Fsp3) is 0.818. The van der Waals surface area contributed by atoms with E-state index in [9.17, 15) is 22.8 Å². The van der Waals surface area contributed by atoms with Crippen LogP contribution in [0.3, 0.4) is 0 Å². The summed E-state index contributed by atoms with van der Waals surface area (Å²) >= 11 is 1.68. The largest absolute Gasteiger partial charge is 0.481 e. The standard InChI is InChI=1S/C11H15F3N2O3S/c12-11(13,14)8-6-16(5-7(8)9(17)18)10(19)15-1-3-20-4-2-15/h7-8H,1-6H2,(H,17,18)/t7-,8-/m1/s1. The van der Waals surface area contributed by atoms with Crippen molar-refractivity contribution in [2.24, 2.45) is 11.8 Å². The van der Waals surface area contributed by atoms with E-state index in [-0.39, 0.29) is 6.54 Å². The number of halogens is 3. The molecule has 2 atom stereocenters. The third-order valence-corrected chi connectivity index (χ3v) is 4.55. The molecular weight excluding hydrogens is 297 g/mol. The monoisotopic (exact) mass is 312 g/mol. The molecule has 0 aliphatic carbocycles. The Morgan fingerprint density at radius 2 is 1.70 bits per heavy atom. The van der Waals surface area contributed by atoms with Gasteiger partial charge in [-0.2, -0.15) is 24.9 Å². The van der Waals surface area contributed by atoms with Crippen molar-refractivity contribution in [3.8, 4) is 0 Å². The highest BCUT2D eigenvalue weighted by Crippen LogP contribution is 2.38. The number of carboxylic acid groups (broad SMARTS) is 1. The van der Waals surface area contributed by atoms with Gasteiger partial charge in [0.2, 0.25) is 0 Å². The molecule has 0 bridgehead atoms. The number of carboxylic acids is 1. The van der Waals surface area contributed by atoms with Gasteiger partial charge >= 0.3 is 18.2 Å². The van der Waals surface area contributed by atoms with E-state index in [0.29, 0.717) is 13.1 Å². The molecule has 114 valence electrons. The molecule has 9 heteroatoms. The van der Waals surface area contributed by atoms with Gasteiger partial charge in [0.05, 0.1) is 11.8 Å². The second-order valence-electron chi connectivity index (χ2n) is 4.88. The van der Waals surface area contributed by atoms with Gasteiger partial charge in [-0.05, 0) is 0 Å². The van der Waals surface area contributed by atoms with Gasteiger partial charge < -0.3 is 14.9 Å². The molecule has 2 rings (SSSR count). The van der Waals surface area contributed by atoms with Crippen molar-refractivity contribution in [1.29, 1.82) is 0 Å². The van der Waals surface area contributed by atoms with Crippen molar-refractivity contribution in [2.75, 3.05) is 37.7 Å². The second-order valence-corrected chi connectivity index (χ2v) is 6.10. The summed E-state index contributed by atoms with van der Waals surface area (Å²) in [7, 11) is 0. The van der Waals surface area contributed by atoms with Gasteiger partial charge in [0.1, 0.15) is 0 Å². The van der Waals surface area contributed by atoms with E-state index < -0.39 is 36.6 Å². The molecule has 2 aliphatic rings. The SMILES string of the molecule is O=C(O)[C@@H]1CN(C(=O)N2CCSCC2)C[C@H]1C(F)(F)F. The molecular formula is C11H15F3N2O3S. The Morgan fingerprint density at radius 1 is 1.10 bits per heavy atom. The number of hydrogen-bond acceptors (Lipinski definition) is 3. The highest BCUT2D eigenvalue weighted by molar-refractivity contribution is 7.99. The van der Waals surface area contributed by atoms with Gasteiger partial charge in [-0.3, -0.25) is 4.79 Å². The van der Waals surface area contributed by atoms with Gasteiger partial charge in [0.15, 0.2) is 0 Å². The smallest absolute Gasteiger partial charge is 0.394 e. The molecule has 20 heavy (non-hydrogen) atoms. The average molecular weight is 312 g/mol. The Bertz CT molecular complexity index is 399. The number of rotatable bonds is 1. The number of alkyl halides is 3. The van der Waals surface area contributed by atoms with Crippen LogP contribution < -0.4 is 0 Å². The molecule has 0 radical (unpaired) electrons. The van der Waals surface area contributed by atoms with E-state index in [1.807, 2.05) is 0 Å². The van der Waals surface area contributed by atoms with Crippen molar-refractivity contribution < 1.29 is 27.9 Å². The highest BCUT2D eigenvalue weighted by atomic mass is 32.2. The minimum atomic E-state index is -4.60. The number of carbonyl (C=O) groups excluding carboxylic acids is 1. The zero-order chi connectivity index (χ0) is 14.9. The molecule has 2 fully saturated rings. The number of amides is 2. The Morgan fingerprint density at radius 3 is 2.15 bits per heavy atom. The summed E-state index contributed by atoms with van der Waals surface area (Å²) in [6.07, 6.45) is -4.60. The van der Waals surface area contributed by atoms with Gasteiger partial charge in [0.25, 0.3) is 0 Å². The highest BCUT2D eigenvalue weighted by Gasteiger charge is 2.53. The van der Waals surface area contributed by atoms with Crippen molar-refractivity contribution in [3.05, 3.63) is 0 Å². The molecule has 0 saturated carbocycles. The fourth-order valence-electron chi connectivity index (χ4n) is 2.50. The van der Waals surface area contributed by atoms with Crippen molar-refractivity contribution in [3.63, 3.8) is 0 Å². The number of urea groups is 1. The zero-order valence-electron chi connectivity index (χ0n) is 10.6. The maximum atomic E-state index is 12.8. The van der Waals surface area contributed by atoms with Gasteiger partial charge in [-0.1, -0.05) is 0 Å². The Kier molecular flexibility index (Phi) is 4.36. The molecule has 0 unspecified atom stereocenters. The third kappa shape index (κ3) is 3.13. The van der Waals surface area contributed by atoms with Crippen LogP contribution in [0.5, 0.6) is 0 Å². The van der Waals surface area contributed by atoms with E-state index in [2.05, 4.69) is 0 Å². The Labute approximate surface area is 118 Å². The summed E-state index contributed by atoms with van der Waals surface area (Å²) < 4.78 is 38.5. The predicted octanol–water partition coefficient (Wildman–Crippen LogP) is 1.35. The fourth-order valence-corrected chi connectivity index (χ4v) is 3.40. The molecule has 0 aromatic rings. The minimum Gasteiger partial charge on any atom is -0.481 e. The van der Waals surface area contributed by atoms with E-state index in [0.717, 1.165) is 16.4 Å². The maximum Gasteiger partial charge on any atom is 0.394 e. The molecule has 5 nitrogen and oxygen atoms in total. The summed E-state index contributed by atoms with van der Waals surface area (Å²) in [5.74, 6) is -3.55. The van der Waals surface area contributed by atoms with Gasteiger partial charge in [-0.25, -0.2) is 4.79 Å². The second kappa shape index (κ2) is 5.71. The summed E-state index contributed by atoms with van der Waals surface area (Å²) in [5, 5.41) is 8.90. The molecule has 2 aliphatic heterocycles. The molecule has 2 saturated heterocycles. The van der Waals surface area contributed by atoms with Gasteiger partial charge in [0, 0.05) is 37.7 Å². The number of nitrogens with zero attached hydrogens (tertiary/aromatic N) is 2. The lowest BCUT2D eigenvalue weighted by molar-refractivity contribution is -0.187. The summed E-state index contributed by atoms with van der Waals surface area (Å²) in [6.45, 7) is 0.0494. The van der Waals surface area contributed by atoms with Crippen LogP contribution in [-0.2, 0) is 4.79 Å². The first-order valence-corrected chi connectivity index (χ1v) is 7.37. The lowest BCUT2D eigenvalue weighted by Gasteiger charge is -2.30. The van der Waals surface area contributed by atoms with Crippen LogP contribution in [0.2, 0.25) is 0 Å². The maximum absolute atomic E-state index is 12.8.